The van der Waals surface area contributed by atoms with Crippen molar-refractivity contribution in [3.8, 4) is 0 Å². The van der Waals surface area contributed by atoms with Gasteiger partial charge in [0, 0.05) is 11.4 Å². The highest BCUT2D eigenvalue weighted by Gasteiger charge is 2.17. The Morgan fingerprint density at radius 3 is 2.76 bits per heavy atom. The molecule has 0 aliphatic carbocycles. The van der Waals surface area contributed by atoms with Crippen molar-refractivity contribution in [2.24, 2.45) is 0 Å². The van der Waals surface area contributed by atoms with Gasteiger partial charge in [0.25, 0.3) is 0 Å². The zero-order valence-electron chi connectivity index (χ0n) is 10.4. The van der Waals surface area contributed by atoms with Crippen LogP contribution >= 0.6 is 23.5 Å². The fourth-order valence-corrected chi connectivity index (χ4v) is 2.36. The molecule has 0 amide bonds. The molecule has 0 fully saturated rings. The fraction of sp³-hybridized carbons (Fsp3) is 0.545. The number of nitrogens with zero attached hydrogens (tertiary/aromatic N) is 2. The molecule has 1 heterocycles. The van der Waals surface area contributed by atoms with Crippen molar-refractivity contribution in [3.63, 3.8) is 0 Å². The van der Waals surface area contributed by atoms with E-state index in [4.69, 9.17) is 4.74 Å². The summed E-state index contributed by atoms with van der Waals surface area (Å²) in [7, 11) is 0. The molecule has 0 bridgehead atoms. The first kappa shape index (κ1) is 14.3. The topological polar surface area (TPSA) is 52.1 Å². The third-order valence-electron chi connectivity index (χ3n) is 1.76. The van der Waals surface area contributed by atoms with Crippen LogP contribution in [0.3, 0.4) is 0 Å². The molecule has 0 N–H and O–H groups in total. The van der Waals surface area contributed by atoms with Gasteiger partial charge < -0.3 is 4.74 Å². The number of carbonyl (C=O) groups excluding carboxylic acids is 1. The summed E-state index contributed by atoms with van der Waals surface area (Å²) in [6.45, 7) is 6.25. The second-order valence-corrected chi connectivity index (χ2v) is 5.80. The van der Waals surface area contributed by atoms with E-state index in [1.807, 2.05) is 6.26 Å². The minimum Gasteiger partial charge on any atom is -0.462 e. The van der Waals surface area contributed by atoms with Crippen LogP contribution in [0.4, 0.5) is 0 Å². The molecule has 94 valence electrons. The molecular formula is C11H16N2O2S2. The fourth-order valence-electron chi connectivity index (χ4n) is 1.11. The van der Waals surface area contributed by atoms with E-state index >= 15 is 0 Å². The Bertz CT molecular complexity index is 397. The van der Waals surface area contributed by atoms with Crippen molar-refractivity contribution in [1.82, 2.24) is 9.97 Å². The molecule has 0 aliphatic heterocycles. The molecule has 0 atom stereocenters. The number of esters is 1. The maximum Gasteiger partial charge on any atom is 0.342 e. The van der Waals surface area contributed by atoms with E-state index in [9.17, 15) is 4.79 Å². The van der Waals surface area contributed by atoms with E-state index in [2.05, 4.69) is 23.8 Å². The predicted molar refractivity (Wildman–Crippen MR) is 70.8 cm³/mol. The lowest BCUT2D eigenvalue weighted by atomic mass is 10.3. The van der Waals surface area contributed by atoms with Gasteiger partial charge in [0.05, 0.1) is 6.61 Å². The van der Waals surface area contributed by atoms with E-state index < -0.39 is 0 Å². The second-order valence-electron chi connectivity index (χ2n) is 3.46. The number of thioether (sulfide) groups is 2. The lowest BCUT2D eigenvalue weighted by molar-refractivity contribution is 0.0520. The minimum absolute atomic E-state index is 0.354. The van der Waals surface area contributed by atoms with Crippen LogP contribution in [0.2, 0.25) is 0 Å². The van der Waals surface area contributed by atoms with E-state index in [1.54, 1.807) is 24.9 Å². The number of aromatic nitrogens is 2. The number of hydrogen-bond acceptors (Lipinski definition) is 6. The Hall–Kier alpha value is -0.750. The minimum atomic E-state index is -0.358. The lowest BCUT2D eigenvalue weighted by Crippen LogP contribution is -2.09. The molecule has 0 saturated carbocycles. The Kier molecular flexibility index (Phi) is 5.77. The number of hydrogen-bond donors (Lipinski definition) is 0. The van der Waals surface area contributed by atoms with Crippen LogP contribution in [0.5, 0.6) is 0 Å². The largest absolute Gasteiger partial charge is 0.462 e. The van der Waals surface area contributed by atoms with Gasteiger partial charge in [-0.2, -0.15) is 0 Å². The molecule has 0 aliphatic rings. The molecule has 1 rings (SSSR count). The Morgan fingerprint density at radius 1 is 1.53 bits per heavy atom. The molecule has 0 aromatic carbocycles. The van der Waals surface area contributed by atoms with Crippen molar-refractivity contribution >= 4 is 29.5 Å². The summed E-state index contributed by atoms with van der Waals surface area (Å²) in [5.74, 6) is -0.358. The summed E-state index contributed by atoms with van der Waals surface area (Å²) >= 11 is 3.00. The summed E-state index contributed by atoms with van der Waals surface area (Å²) in [6, 6.07) is 0. The molecule has 17 heavy (non-hydrogen) atoms. The van der Waals surface area contributed by atoms with E-state index in [1.165, 1.54) is 11.8 Å². The van der Waals surface area contributed by atoms with Gasteiger partial charge >= 0.3 is 5.97 Å². The average Bonchev–Trinajstić information content (AvgIpc) is 2.28. The number of ether oxygens (including phenoxy) is 1. The Labute approximate surface area is 110 Å². The third kappa shape index (κ3) is 4.20. The molecule has 6 heteroatoms. The molecule has 4 nitrogen and oxygen atoms in total. The Balaban J connectivity index is 3.05. The van der Waals surface area contributed by atoms with Crippen molar-refractivity contribution in [2.75, 3.05) is 12.9 Å². The first-order valence-corrected chi connectivity index (χ1v) is 7.43. The van der Waals surface area contributed by atoms with Crippen molar-refractivity contribution in [2.45, 2.75) is 36.2 Å². The van der Waals surface area contributed by atoms with E-state index in [-0.39, 0.29) is 5.97 Å². The van der Waals surface area contributed by atoms with Gasteiger partial charge in [-0.05, 0) is 13.2 Å². The molecule has 0 spiro atoms. The van der Waals surface area contributed by atoms with Gasteiger partial charge in [0.1, 0.15) is 10.6 Å². The van der Waals surface area contributed by atoms with E-state index in [0.29, 0.717) is 27.6 Å². The van der Waals surface area contributed by atoms with Gasteiger partial charge in [0.2, 0.25) is 0 Å². The normalized spacial score (nSPS) is 10.6. The van der Waals surface area contributed by atoms with Crippen molar-refractivity contribution in [1.29, 1.82) is 0 Å². The van der Waals surface area contributed by atoms with Crippen LogP contribution in [-0.2, 0) is 4.74 Å². The standard InChI is InChI=1S/C11H16N2O2S2/c1-5-15-10(14)8-6-12-11(16-4)13-9(8)17-7(2)3/h6-7H,5H2,1-4H3. The van der Waals surface area contributed by atoms with Crippen molar-refractivity contribution < 1.29 is 9.53 Å². The average molecular weight is 272 g/mol. The molecule has 0 saturated heterocycles. The first-order chi connectivity index (χ1) is 8.08. The highest BCUT2D eigenvalue weighted by atomic mass is 32.2. The molecular weight excluding hydrogens is 256 g/mol. The van der Waals surface area contributed by atoms with Crippen LogP contribution in [0, 0.1) is 0 Å². The van der Waals surface area contributed by atoms with Gasteiger partial charge in [-0.15, -0.1) is 11.8 Å². The molecule has 0 unspecified atom stereocenters. The van der Waals surface area contributed by atoms with E-state index in [0.717, 1.165) is 0 Å². The number of carbonyl (C=O) groups is 1. The van der Waals surface area contributed by atoms with Crippen LogP contribution in [-0.4, -0.2) is 34.0 Å². The van der Waals surface area contributed by atoms with Gasteiger partial charge in [-0.25, -0.2) is 14.8 Å². The zero-order valence-corrected chi connectivity index (χ0v) is 12.0. The summed E-state index contributed by atoms with van der Waals surface area (Å²) < 4.78 is 4.98. The third-order valence-corrected chi connectivity index (χ3v) is 3.32. The van der Waals surface area contributed by atoms with Gasteiger partial charge in [-0.1, -0.05) is 25.6 Å². The summed E-state index contributed by atoms with van der Waals surface area (Å²) in [6.07, 6.45) is 3.45. The van der Waals surface area contributed by atoms with Gasteiger partial charge in [-0.3, -0.25) is 0 Å². The van der Waals surface area contributed by atoms with Crippen LogP contribution in [0.1, 0.15) is 31.1 Å². The first-order valence-electron chi connectivity index (χ1n) is 5.33. The number of rotatable bonds is 5. The zero-order chi connectivity index (χ0) is 12.8. The quantitative estimate of drug-likeness (QED) is 0.355. The highest BCUT2D eigenvalue weighted by Crippen LogP contribution is 2.26. The maximum absolute atomic E-state index is 11.7. The summed E-state index contributed by atoms with van der Waals surface area (Å²) in [5.41, 5.74) is 0.448. The van der Waals surface area contributed by atoms with Crippen LogP contribution in [0.15, 0.2) is 16.4 Å². The van der Waals surface area contributed by atoms with Gasteiger partial charge in [0.15, 0.2) is 5.16 Å². The highest BCUT2D eigenvalue weighted by molar-refractivity contribution is 8.00. The predicted octanol–water partition coefficient (Wildman–Crippen LogP) is 2.88. The Morgan fingerprint density at radius 2 is 2.24 bits per heavy atom. The smallest absolute Gasteiger partial charge is 0.342 e. The monoisotopic (exact) mass is 272 g/mol. The summed E-state index contributed by atoms with van der Waals surface area (Å²) in [4.78, 5) is 20.2. The lowest BCUT2D eigenvalue weighted by Gasteiger charge is -2.09. The van der Waals surface area contributed by atoms with Crippen molar-refractivity contribution in [3.05, 3.63) is 11.8 Å². The second kappa shape index (κ2) is 6.86. The summed E-state index contributed by atoms with van der Waals surface area (Å²) in [5, 5.41) is 1.71. The van der Waals surface area contributed by atoms with Crippen LogP contribution < -0.4 is 0 Å². The maximum atomic E-state index is 11.7. The SMILES string of the molecule is CCOC(=O)c1cnc(SC)nc1SC(C)C. The molecule has 1 aromatic rings. The molecule has 1 aromatic heterocycles. The molecule has 0 radical (unpaired) electrons. The van der Waals surface area contributed by atoms with Crippen LogP contribution in [0.25, 0.3) is 0 Å².